The van der Waals surface area contributed by atoms with Crippen LogP contribution in [0, 0.1) is 0 Å². The summed E-state index contributed by atoms with van der Waals surface area (Å²) in [5, 5.41) is 0.222. The highest BCUT2D eigenvalue weighted by molar-refractivity contribution is 7.89. The zero-order chi connectivity index (χ0) is 19.4. The molecule has 6 nitrogen and oxygen atoms in total. The molecule has 3 rings (SSSR count). The van der Waals surface area contributed by atoms with Gasteiger partial charge in [0.2, 0.25) is 10.0 Å². The molecular weight excluding hydrogens is 407 g/mol. The van der Waals surface area contributed by atoms with E-state index in [4.69, 9.17) is 23.2 Å². The van der Waals surface area contributed by atoms with Gasteiger partial charge in [-0.05, 0) is 30.3 Å². The Balaban J connectivity index is 1.62. The van der Waals surface area contributed by atoms with E-state index in [2.05, 4.69) is 26.4 Å². The summed E-state index contributed by atoms with van der Waals surface area (Å²) in [7, 11) is -3.76. The third-order valence-electron chi connectivity index (χ3n) is 4.62. The summed E-state index contributed by atoms with van der Waals surface area (Å²) in [4.78, 5) is 9.10. The number of piperazine rings is 1. The molecule has 1 aromatic carbocycles. The van der Waals surface area contributed by atoms with Gasteiger partial charge in [-0.25, -0.2) is 18.1 Å². The summed E-state index contributed by atoms with van der Waals surface area (Å²) >= 11 is 11.9. The van der Waals surface area contributed by atoms with Crippen LogP contribution in [0.4, 0.5) is 5.82 Å². The van der Waals surface area contributed by atoms with Crippen molar-refractivity contribution in [1.82, 2.24) is 14.6 Å². The summed E-state index contributed by atoms with van der Waals surface area (Å²) in [6.45, 7) is 7.31. The molecule has 0 unspecified atom stereocenters. The number of anilines is 1. The zero-order valence-electron chi connectivity index (χ0n) is 15.0. The predicted octanol–water partition coefficient (Wildman–Crippen LogP) is 3.01. The minimum absolute atomic E-state index is 0.0198. The van der Waals surface area contributed by atoms with Gasteiger partial charge in [0.1, 0.15) is 10.7 Å². The maximum atomic E-state index is 12.5. The number of rotatable bonds is 6. The first-order chi connectivity index (χ1) is 12.9. The van der Waals surface area contributed by atoms with Gasteiger partial charge in [0.15, 0.2) is 0 Å². The van der Waals surface area contributed by atoms with Gasteiger partial charge in [-0.15, -0.1) is 0 Å². The van der Waals surface area contributed by atoms with E-state index in [9.17, 15) is 8.42 Å². The Morgan fingerprint density at radius 2 is 1.85 bits per heavy atom. The summed E-state index contributed by atoms with van der Waals surface area (Å²) in [6.07, 6.45) is 1.70. The van der Waals surface area contributed by atoms with Crippen LogP contribution in [-0.4, -0.2) is 51.0 Å². The van der Waals surface area contributed by atoms with Crippen molar-refractivity contribution in [2.24, 2.45) is 0 Å². The average molecular weight is 429 g/mol. The molecule has 0 atom stereocenters. The average Bonchev–Trinajstić information content (AvgIpc) is 2.69. The molecule has 1 N–H and O–H groups in total. The molecule has 146 valence electrons. The SMILES string of the molecule is CCN1CCN(c2ccc(CNS(=O)(=O)c3cccc(Cl)c3Cl)cn2)CC1. The largest absolute Gasteiger partial charge is 0.354 e. The number of halogens is 2. The van der Waals surface area contributed by atoms with Crippen LogP contribution in [0.3, 0.4) is 0 Å². The molecule has 0 saturated carbocycles. The van der Waals surface area contributed by atoms with E-state index in [-0.39, 0.29) is 21.5 Å². The Bertz CT molecular complexity index is 883. The highest BCUT2D eigenvalue weighted by atomic mass is 35.5. The van der Waals surface area contributed by atoms with E-state index in [0.717, 1.165) is 44.1 Å². The number of benzene rings is 1. The van der Waals surface area contributed by atoms with Crippen LogP contribution in [0.2, 0.25) is 10.0 Å². The second-order valence-corrected chi connectivity index (χ2v) is 8.84. The molecular formula is C18H22Cl2N4O2S. The van der Waals surface area contributed by atoms with Crippen molar-refractivity contribution in [3.05, 3.63) is 52.1 Å². The van der Waals surface area contributed by atoms with Crippen molar-refractivity contribution in [3.63, 3.8) is 0 Å². The van der Waals surface area contributed by atoms with Crippen LogP contribution in [-0.2, 0) is 16.6 Å². The molecule has 1 saturated heterocycles. The Morgan fingerprint density at radius 3 is 2.48 bits per heavy atom. The molecule has 0 spiro atoms. The summed E-state index contributed by atoms with van der Waals surface area (Å²) in [5.74, 6) is 0.912. The fraction of sp³-hybridized carbons (Fsp3) is 0.389. The molecule has 1 aliphatic heterocycles. The molecule has 0 bridgehead atoms. The van der Waals surface area contributed by atoms with Crippen LogP contribution in [0.1, 0.15) is 12.5 Å². The number of hydrogen-bond acceptors (Lipinski definition) is 5. The van der Waals surface area contributed by atoms with Crippen molar-refractivity contribution < 1.29 is 8.42 Å². The van der Waals surface area contributed by atoms with E-state index < -0.39 is 10.0 Å². The molecule has 1 aliphatic rings. The zero-order valence-corrected chi connectivity index (χ0v) is 17.4. The van der Waals surface area contributed by atoms with Crippen LogP contribution in [0.25, 0.3) is 0 Å². The van der Waals surface area contributed by atoms with Gasteiger partial charge in [0, 0.05) is 38.9 Å². The topological polar surface area (TPSA) is 65.5 Å². The molecule has 1 aromatic heterocycles. The molecule has 0 aliphatic carbocycles. The van der Waals surface area contributed by atoms with E-state index >= 15 is 0 Å². The van der Waals surface area contributed by atoms with Crippen molar-refractivity contribution in [1.29, 1.82) is 0 Å². The van der Waals surface area contributed by atoms with Gasteiger partial charge in [-0.1, -0.05) is 42.3 Å². The standard InChI is InChI=1S/C18H22Cl2N4O2S/c1-2-23-8-10-24(11-9-23)17-7-6-14(12-21-17)13-22-27(25,26)16-5-3-4-15(19)18(16)20/h3-7,12,22H,2,8-11,13H2,1H3. The number of nitrogens with zero attached hydrogens (tertiary/aromatic N) is 3. The number of sulfonamides is 1. The first kappa shape index (κ1) is 20.4. The molecule has 9 heteroatoms. The van der Waals surface area contributed by atoms with Gasteiger partial charge in [0.25, 0.3) is 0 Å². The van der Waals surface area contributed by atoms with Crippen LogP contribution in [0.5, 0.6) is 0 Å². The molecule has 1 fully saturated rings. The maximum absolute atomic E-state index is 12.5. The number of nitrogens with one attached hydrogen (secondary N) is 1. The minimum Gasteiger partial charge on any atom is -0.354 e. The lowest BCUT2D eigenvalue weighted by Gasteiger charge is -2.34. The molecule has 2 aromatic rings. The molecule has 2 heterocycles. The van der Waals surface area contributed by atoms with Crippen LogP contribution < -0.4 is 9.62 Å². The van der Waals surface area contributed by atoms with Gasteiger partial charge in [-0.3, -0.25) is 0 Å². The fourth-order valence-corrected chi connectivity index (χ4v) is 4.73. The number of pyridine rings is 1. The second-order valence-electron chi connectivity index (χ2n) is 6.32. The smallest absolute Gasteiger partial charge is 0.242 e. The van der Waals surface area contributed by atoms with E-state index in [1.54, 1.807) is 18.3 Å². The predicted molar refractivity (Wildman–Crippen MR) is 109 cm³/mol. The number of hydrogen-bond donors (Lipinski definition) is 1. The lowest BCUT2D eigenvalue weighted by molar-refractivity contribution is 0.270. The molecule has 0 radical (unpaired) electrons. The van der Waals surface area contributed by atoms with Gasteiger partial charge in [-0.2, -0.15) is 0 Å². The van der Waals surface area contributed by atoms with E-state index in [0.29, 0.717) is 0 Å². The van der Waals surface area contributed by atoms with Gasteiger partial charge in [0.05, 0.1) is 10.0 Å². The third kappa shape index (κ3) is 4.92. The summed E-state index contributed by atoms with van der Waals surface area (Å²) in [6, 6.07) is 8.34. The molecule has 0 amide bonds. The van der Waals surface area contributed by atoms with Crippen LogP contribution >= 0.6 is 23.2 Å². The first-order valence-corrected chi connectivity index (χ1v) is 11.0. The van der Waals surface area contributed by atoms with Gasteiger partial charge < -0.3 is 9.80 Å². The number of aromatic nitrogens is 1. The Labute approximate surface area is 170 Å². The highest BCUT2D eigenvalue weighted by Crippen LogP contribution is 2.28. The van der Waals surface area contributed by atoms with Crippen LogP contribution in [0.15, 0.2) is 41.4 Å². The highest BCUT2D eigenvalue weighted by Gasteiger charge is 2.20. The minimum atomic E-state index is -3.76. The lowest BCUT2D eigenvalue weighted by Crippen LogP contribution is -2.46. The van der Waals surface area contributed by atoms with Crippen molar-refractivity contribution >= 4 is 39.0 Å². The molecule has 27 heavy (non-hydrogen) atoms. The fourth-order valence-electron chi connectivity index (χ4n) is 2.95. The maximum Gasteiger partial charge on any atom is 0.242 e. The quantitative estimate of drug-likeness (QED) is 0.765. The monoisotopic (exact) mass is 428 g/mol. The van der Waals surface area contributed by atoms with Gasteiger partial charge >= 0.3 is 0 Å². The normalized spacial score (nSPS) is 15.9. The van der Waals surface area contributed by atoms with E-state index in [1.807, 2.05) is 12.1 Å². The third-order valence-corrected chi connectivity index (χ3v) is 7.00. The van der Waals surface area contributed by atoms with Crippen molar-refractivity contribution in [2.75, 3.05) is 37.6 Å². The Morgan fingerprint density at radius 1 is 1.11 bits per heavy atom. The van der Waals surface area contributed by atoms with E-state index in [1.165, 1.54) is 6.07 Å². The Hall–Kier alpha value is -1.38. The Kier molecular flexibility index (Phi) is 6.60. The first-order valence-electron chi connectivity index (χ1n) is 8.76. The van der Waals surface area contributed by atoms with Crippen molar-refractivity contribution in [3.8, 4) is 0 Å². The van der Waals surface area contributed by atoms with Crippen molar-refractivity contribution in [2.45, 2.75) is 18.4 Å². The summed E-state index contributed by atoms with van der Waals surface area (Å²) in [5.41, 5.74) is 0.771. The number of likely N-dealkylation sites (N-methyl/N-ethyl adjacent to an activating group) is 1. The second kappa shape index (κ2) is 8.75. The summed E-state index contributed by atoms with van der Waals surface area (Å²) < 4.78 is 27.5. The lowest BCUT2D eigenvalue weighted by atomic mass is 10.2.